The maximum atomic E-state index is 5.50. The van der Waals surface area contributed by atoms with Gasteiger partial charge in [0.05, 0.1) is 0 Å². The first-order valence-corrected chi connectivity index (χ1v) is 6.20. The molecular weight excluding hydrogens is 194 g/mol. The maximum absolute atomic E-state index is 5.50. The van der Waals surface area contributed by atoms with Crippen LogP contribution in [-0.2, 0) is 6.42 Å². The van der Waals surface area contributed by atoms with Gasteiger partial charge in [0, 0.05) is 6.42 Å². The largest absolute Gasteiger partial charge is 0.367 e. The summed E-state index contributed by atoms with van der Waals surface area (Å²) in [6.45, 7) is 0. The molecule has 14 heavy (non-hydrogen) atoms. The van der Waals surface area contributed by atoms with Crippen LogP contribution in [0.25, 0.3) is 0 Å². The van der Waals surface area contributed by atoms with Crippen LogP contribution in [0.4, 0.5) is 5.95 Å². The average molecular weight is 211 g/mol. The van der Waals surface area contributed by atoms with Gasteiger partial charge in [0.1, 0.15) is 5.01 Å². The van der Waals surface area contributed by atoms with Crippen molar-refractivity contribution in [2.45, 2.75) is 44.9 Å². The summed E-state index contributed by atoms with van der Waals surface area (Å²) in [7, 11) is 0. The molecule has 1 aromatic heterocycles. The molecule has 0 spiro atoms. The molecule has 0 aromatic carbocycles. The fourth-order valence-electron chi connectivity index (χ4n) is 2.17. The smallest absolute Gasteiger partial charge is 0.232 e. The Kier molecular flexibility index (Phi) is 3.35. The number of nitrogens with zero attached hydrogens (tertiary/aromatic N) is 2. The molecule has 1 aromatic rings. The van der Waals surface area contributed by atoms with Gasteiger partial charge in [0.15, 0.2) is 0 Å². The molecule has 3 nitrogen and oxygen atoms in total. The molecule has 1 aliphatic carbocycles. The van der Waals surface area contributed by atoms with E-state index in [0.29, 0.717) is 5.95 Å². The molecule has 4 heteroatoms. The van der Waals surface area contributed by atoms with E-state index in [-0.39, 0.29) is 0 Å². The molecule has 0 saturated heterocycles. The minimum Gasteiger partial charge on any atom is -0.367 e. The summed E-state index contributed by atoms with van der Waals surface area (Å²) in [4.78, 5) is 4.22. The summed E-state index contributed by atoms with van der Waals surface area (Å²) < 4.78 is 4.01. The predicted octanol–water partition coefficient (Wildman–Crippen LogP) is 2.63. The van der Waals surface area contributed by atoms with Crippen LogP contribution in [0.1, 0.15) is 43.5 Å². The van der Waals surface area contributed by atoms with E-state index in [9.17, 15) is 0 Å². The third-order valence-corrected chi connectivity index (χ3v) is 3.67. The zero-order valence-corrected chi connectivity index (χ0v) is 9.22. The van der Waals surface area contributed by atoms with Crippen LogP contribution >= 0.6 is 11.5 Å². The number of hydrogen-bond acceptors (Lipinski definition) is 4. The van der Waals surface area contributed by atoms with E-state index in [1.807, 2.05) is 0 Å². The van der Waals surface area contributed by atoms with Crippen molar-refractivity contribution in [3.05, 3.63) is 5.01 Å². The molecule has 0 radical (unpaired) electrons. The van der Waals surface area contributed by atoms with Gasteiger partial charge in [-0.3, -0.25) is 0 Å². The molecule has 0 amide bonds. The quantitative estimate of drug-likeness (QED) is 0.765. The number of nitrogen functional groups attached to an aromatic ring is 1. The number of rotatable bonds is 2. The van der Waals surface area contributed by atoms with Crippen molar-refractivity contribution in [2.75, 3.05) is 5.73 Å². The molecule has 0 atom stereocenters. The van der Waals surface area contributed by atoms with Gasteiger partial charge in [-0.05, 0) is 17.5 Å². The third kappa shape index (κ3) is 2.67. The molecular formula is C10H17N3S. The molecule has 1 heterocycles. The third-order valence-electron chi connectivity index (χ3n) is 2.92. The normalized spacial score (nSPS) is 19.4. The second-order valence-corrected chi connectivity index (χ2v) is 4.94. The van der Waals surface area contributed by atoms with Crippen LogP contribution in [0.5, 0.6) is 0 Å². The molecule has 1 fully saturated rings. The Morgan fingerprint density at radius 1 is 1.21 bits per heavy atom. The SMILES string of the molecule is Nc1nsc(CC2CCCCCC2)n1. The highest BCUT2D eigenvalue weighted by Gasteiger charge is 2.14. The Balaban J connectivity index is 1.89. The number of nitrogens with two attached hydrogens (primary N) is 1. The first-order valence-electron chi connectivity index (χ1n) is 5.42. The number of aromatic nitrogens is 2. The van der Waals surface area contributed by atoms with Gasteiger partial charge >= 0.3 is 0 Å². The Morgan fingerprint density at radius 3 is 2.50 bits per heavy atom. The zero-order chi connectivity index (χ0) is 9.80. The lowest BCUT2D eigenvalue weighted by molar-refractivity contribution is 0.457. The number of anilines is 1. The molecule has 1 saturated carbocycles. The van der Waals surface area contributed by atoms with Crippen LogP contribution in [0, 0.1) is 5.92 Å². The van der Waals surface area contributed by atoms with Crippen molar-refractivity contribution >= 4 is 17.5 Å². The second-order valence-electron chi connectivity index (χ2n) is 4.11. The van der Waals surface area contributed by atoms with E-state index >= 15 is 0 Å². The highest BCUT2D eigenvalue weighted by molar-refractivity contribution is 7.05. The lowest BCUT2D eigenvalue weighted by Crippen LogP contribution is -2.03. The van der Waals surface area contributed by atoms with Gasteiger partial charge in [0.2, 0.25) is 5.95 Å². The van der Waals surface area contributed by atoms with Crippen molar-refractivity contribution in [1.29, 1.82) is 0 Å². The van der Waals surface area contributed by atoms with Gasteiger partial charge in [0.25, 0.3) is 0 Å². The topological polar surface area (TPSA) is 51.8 Å². The van der Waals surface area contributed by atoms with Crippen molar-refractivity contribution in [3.8, 4) is 0 Å². The summed E-state index contributed by atoms with van der Waals surface area (Å²) in [6, 6.07) is 0. The van der Waals surface area contributed by atoms with Crippen LogP contribution in [0.2, 0.25) is 0 Å². The van der Waals surface area contributed by atoms with Crippen molar-refractivity contribution in [1.82, 2.24) is 9.36 Å². The lowest BCUT2D eigenvalue weighted by Gasteiger charge is -2.10. The zero-order valence-electron chi connectivity index (χ0n) is 8.41. The Labute approximate surface area is 88.9 Å². The van der Waals surface area contributed by atoms with Crippen molar-refractivity contribution < 1.29 is 0 Å². The summed E-state index contributed by atoms with van der Waals surface area (Å²) in [5, 5.41) is 1.12. The molecule has 2 N–H and O–H groups in total. The fraction of sp³-hybridized carbons (Fsp3) is 0.800. The second kappa shape index (κ2) is 4.73. The fourth-order valence-corrected chi connectivity index (χ4v) is 2.85. The summed E-state index contributed by atoms with van der Waals surface area (Å²) in [5.41, 5.74) is 5.50. The molecule has 1 aliphatic rings. The summed E-state index contributed by atoms with van der Waals surface area (Å²) in [6.07, 6.45) is 9.41. The van der Waals surface area contributed by atoms with Crippen molar-refractivity contribution in [2.24, 2.45) is 5.92 Å². The molecule has 0 unspecified atom stereocenters. The van der Waals surface area contributed by atoms with Crippen LogP contribution in [-0.4, -0.2) is 9.36 Å². The number of hydrogen-bond donors (Lipinski definition) is 1. The molecule has 78 valence electrons. The molecule has 0 bridgehead atoms. The Bertz CT molecular complexity index is 277. The highest BCUT2D eigenvalue weighted by Crippen LogP contribution is 2.26. The van der Waals surface area contributed by atoms with Crippen LogP contribution in [0.15, 0.2) is 0 Å². The first kappa shape index (κ1) is 9.90. The minimum absolute atomic E-state index is 0.443. The average Bonchev–Trinajstić information content (AvgIpc) is 2.43. The maximum Gasteiger partial charge on any atom is 0.232 e. The Morgan fingerprint density at radius 2 is 1.93 bits per heavy atom. The van der Waals surface area contributed by atoms with Gasteiger partial charge in [-0.15, -0.1) is 0 Å². The Hall–Kier alpha value is -0.640. The standard InChI is InChI=1S/C10H17N3S/c11-10-12-9(14-13-10)7-8-5-3-1-2-4-6-8/h8H,1-7H2,(H2,11,13). The van der Waals surface area contributed by atoms with E-state index in [1.165, 1.54) is 50.1 Å². The van der Waals surface area contributed by atoms with Gasteiger partial charge in [-0.1, -0.05) is 38.5 Å². The van der Waals surface area contributed by atoms with Crippen molar-refractivity contribution in [3.63, 3.8) is 0 Å². The lowest BCUT2D eigenvalue weighted by atomic mass is 9.97. The predicted molar refractivity (Wildman–Crippen MR) is 59.2 cm³/mol. The van der Waals surface area contributed by atoms with E-state index in [0.717, 1.165) is 17.3 Å². The highest BCUT2D eigenvalue weighted by atomic mass is 32.1. The van der Waals surface area contributed by atoms with Gasteiger partial charge in [-0.25, -0.2) is 4.98 Å². The minimum atomic E-state index is 0.443. The van der Waals surface area contributed by atoms with Gasteiger partial charge in [-0.2, -0.15) is 4.37 Å². The van der Waals surface area contributed by atoms with E-state index in [2.05, 4.69) is 9.36 Å². The molecule has 0 aliphatic heterocycles. The van der Waals surface area contributed by atoms with E-state index < -0.39 is 0 Å². The van der Waals surface area contributed by atoms with E-state index in [1.54, 1.807) is 0 Å². The monoisotopic (exact) mass is 211 g/mol. The first-order chi connectivity index (χ1) is 6.84. The van der Waals surface area contributed by atoms with Gasteiger partial charge < -0.3 is 5.73 Å². The van der Waals surface area contributed by atoms with Crippen LogP contribution < -0.4 is 5.73 Å². The van der Waals surface area contributed by atoms with Crippen LogP contribution in [0.3, 0.4) is 0 Å². The van der Waals surface area contributed by atoms with E-state index in [4.69, 9.17) is 5.73 Å². The summed E-state index contributed by atoms with van der Waals surface area (Å²) >= 11 is 1.46. The molecule has 2 rings (SSSR count). The summed E-state index contributed by atoms with van der Waals surface area (Å²) in [5.74, 6) is 1.27.